The average molecular weight is 815 g/mol. The van der Waals surface area contributed by atoms with Crippen LogP contribution in [0.25, 0.3) is 0 Å². The van der Waals surface area contributed by atoms with E-state index in [0.29, 0.717) is 77.6 Å². The van der Waals surface area contributed by atoms with Gasteiger partial charge in [-0.15, -0.1) is 5.10 Å². The second kappa shape index (κ2) is 23.2. The fourth-order valence-corrected chi connectivity index (χ4v) is 8.61. The zero-order chi connectivity index (χ0) is 41.3. The van der Waals surface area contributed by atoms with Gasteiger partial charge in [-0.25, -0.2) is 9.48 Å². The lowest BCUT2D eigenvalue weighted by Gasteiger charge is -2.26. The van der Waals surface area contributed by atoms with Crippen molar-refractivity contribution in [2.45, 2.75) is 128 Å². The van der Waals surface area contributed by atoms with Crippen LogP contribution in [0.1, 0.15) is 109 Å². The van der Waals surface area contributed by atoms with Crippen LogP contribution in [0.5, 0.6) is 0 Å². The molecule has 4 atom stereocenters. The minimum Gasteiger partial charge on any atom is -0.461 e. The summed E-state index contributed by atoms with van der Waals surface area (Å²) in [5.74, 6) is -0.710. The minimum atomic E-state index is -0.579. The lowest BCUT2D eigenvalue weighted by atomic mass is 9.85. The summed E-state index contributed by atoms with van der Waals surface area (Å²) >= 11 is 0. The molecule has 1 saturated heterocycles. The zero-order valence-corrected chi connectivity index (χ0v) is 34.7. The fraction of sp³-hybridized carbons (Fsp3) is 0.786. The summed E-state index contributed by atoms with van der Waals surface area (Å²) in [4.78, 5) is 67.3. The van der Waals surface area contributed by atoms with Gasteiger partial charge in [0.1, 0.15) is 18.4 Å². The Kier molecular flexibility index (Phi) is 18.1. The van der Waals surface area contributed by atoms with Crippen molar-refractivity contribution < 1.29 is 48.0 Å². The molecule has 1 aliphatic heterocycles. The number of carbonyl (C=O) groups is 5. The van der Waals surface area contributed by atoms with E-state index in [2.05, 4.69) is 27.8 Å². The summed E-state index contributed by atoms with van der Waals surface area (Å²) in [6, 6.07) is 0. The van der Waals surface area contributed by atoms with Crippen molar-refractivity contribution in [3.8, 4) is 0 Å². The van der Waals surface area contributed by atoms with E-state index in [0.717, 1.165) is 44.9 Å². The summed E-state index contributed by atoms with van der Waals surface area (Å²) in [6.07, 6.45) is 16.9. The number of imide groups is 1. The zero-order valence-electron chi connectivity index (χ0n) is 34.7. The fourth-order valence-electron chi connectivity index (χ4n) is 8.61. The molecule has 1 aromatic heterocycles. The number of fused-ring (bicyclic) bond motifs is 5. The highest BCUT2D eigenvalue weighted by atomic mass is 16.6. The molecule has 1 aromatic rings. The van der Waals surface area contributed by atoms with Crippen LogP contribution in [0.2, 0.25) is 0 Å². The maximum atomic E-state index is 13.4. The maximum absolute atomic E-state index is 13.4. The number of esters is 1. The number of carbonyl (C=O) groups excluding carboxylic acids is 5. The lowest BCUT2D eigenvalue weighted by molar-refractivity contribution is -0.155. The second-order valence-corrected chi connectivity index (χ2v) is 16.8. The minimum absolute atomic E-state index is 0.0123. The number of ether oxygens (including phenoxy) is 4. The third kappa shape index (κ3) is 13.9. The second-order valence-electron chi connectivity index (χ2n) is 16.8. The molecule has 0 aromatic carbocycles. The highest BCUT2D eigenvalue weighted by Crippen LogP contribution is 2.52. The molecule has 0 unspecified atom stereocenters. The van der Waals surface area contributed by atoms with E-state index in [9.17, 15) is 29.1 Å². The number of allylic oxidation sites excluding steroid dienone is 2. The van der Waals surface area contributed by atoms with E-state index in [1.165, 1.54) is 17.7 Å². The molecule has 0 radical (unpaired) electrons. The van der Waals surface area contributed by atoms with Gasteiger partial charge in [-0.05, 0) is 77.0 Å². The molecule has 4 amide bonds. The molecule has 4 aliphatic rings. The molecular formula is C42H66N6O10. The van der Waals surface area contributed by atoms with Crippen molar-refractivity contribution in [3.63, 3.8) is 0 Å². The van der Waals surface area contributed by atoms with Crippen LogP contribution in [0, 0.1) is 23.7 Å². The SMILES string of the molecule is CC(C)(CCO)NC(=O)CCC(=O)N(CCCCCCN1C(=O)[C@@H]2[C@H](C1=O)[C@H]1C=C[C@@H]2C1)Cc1cn(CCOCCOCCOCC(=O)OC2CCCCCC2)nn1. The maximum Gasteiger partial charge on any atom is 0.332 e. The normalized spacial score (nSPS) is 21.7. The van der Waals surface area contributed by atoms with Crippen molar-refractivity contribution in [1.82, 2.24) is 30.1 Å². The number of aliphatic hydroxyl groups excluding tert-OH is 1. The number of hydrogen-bond acceptors (Lipinski definition) is 12. The number of nitrogens with zero attached hydrogens (tertiary/aromatic N) is 5. The topological polar surface area (TPSA) is 192 Å². The molecule has 3 fully saturated rings. The van der Waals surface area contributed by atoms with Crippen LogP contribution in [0.4, 0.5) is 0 Å². The van der Waals surface area contributed by atoms with Crippen LogP contribution >= 0.6 is 0 Å². The number of likely N-dealkylation sites (tertiary alicyclic amines) is 1. The molecule has 16 nitrogen and oxygen atoms in total. The smallest absolute Gasteiger partial charge is 0.332 e. The van der Waals surface area contributed by atoms with Crippen molar-refractivity contribution in [1.29, 1.82) is 0 Å². The summed E-state index contributed by atoms with van der Waals surface area (Å²) < 4.78 is 23.8. The van der Waals surface area contributed by atoms with Crippen molar-refractivity contribution >= 4 is 29.6 Å². The molecule has 5 rings (SSSR count). The number of nitrogens with one attached hydrogen (secondary N) is 1. The van der Waals surface area contributed by atoms with Gasteiger partial charge in [-0.3, -0.25) is 24.1 Å². The molecule has 2 heterocycles. The molecule has 324 valence electrons. The highest BCUT2D eigenvalue weighted by molar-refractivity contribution is 6.06. The van der Waals surface area contributed by atoms with Gasteiger partial charge < -0.3 is 34.3 Å². The summed E-state index contributed by atoms with van der Waals surface area (Å²) in [6.45, 7) is 6.90. The predicted molar refractivity (Wildman–Crippen MR) is 212 cm³/mol. The summed E-state index contributed by atoms with van der Waals surface area (Å²) in [7, 11) is 0. The van der Waals surface area contributed by atoms with Crippen LogP contribution in [0.15, 0.2) is 18.3 Å². The van der Waals surface area contributed by atoms with Gasteiger partial charge in [0, 0.05) is 38.1 Å². The van der Waals surface area contributed by atoms with Crippen molar-refractivity contribution in [2.75, 3.05) is 59.3 Å². The first-order valence-electron chi connectivity index (χ1n) is 21.6. The van der Waals surface area contributed by atoms with Gasteiger partial charge >= 0.3 is 5.97 Å². The van der Waals surface area contributed by atoms with Crippen LogP contribution in [-0.4, -0.2) is 130 Å². The first-order valence-corrected chi connectivity index (χ1v) is 21.6. The van der Waals surface area contributed by atoms with Gasteiger partial charge in [0.2, 0.25) is 23.6 Å². The van der Waals surface area contributed by atoms with Gasteiger partial charge in [0.15, 0.2) is 0 Å². The van der Waals surface area contributed by atoms with E-state index in [4.69, 9.17) is 18.9 Å². The Morgan fingerprint density at radius 2 is 1.52 bits per heavy atom. The Bertz CT molecular complexity index is 1490. The monoisotopic (exact) mass is 814 g/mol. The van der Waals surface area contributed by atoms with Crippen molar-refractivity contribution in [2.24, 2.45) is 23.7 Å². The van der Waals surface area contributed by atoms with Crippen LogP contribution in [-0.2, 0) is 56.0 Å². The van der Waals surface area contributed by atoms with Crippen LogP contribution in [0.3, 0.4) is 0 Å². The average Bonchev–Trinajstić information content (AvgIpc) is 3.94. The molecule has 58 heavy (non-hydrogen) atoms. The van der Waals surface area contributed by atoms with Gasteiger partial charge in [-0.2, -0.15) is 0 Å². The molecule has 3 aliphatic carbocycles. The molecule has 16 heteroatoms. The first kappa shape index (κ1) is 45.4. The number of hydrogen-bond donors (Lipinski definition) is 2. The van der Waals surface area contributed by atoms with Gasteiger partial charge in [0.25, 0.3) is 0 Å². The van der Waals surface area contributed by atoms with Gasteiger partial charge in [0.05, 0.1) is 64.2 Å². The lowest BCUT2D eigenvalue weighted by Crippen LogP contribution is -2.44. The summed E-state index contributed by atoms with van der Waals surface area (Å²) in [5.41, 5.74) is 0.0349. The third-order valence-electron chi connectivity index (χ3n) is 11.7. The first-order chi connectivity index (χ1) is 28.0. The molecular weight excluding hydrogens is 748 g/mol. The number of amides is 4. The Morgan fingerprint density at radius 1 is 0.862 bits per heavy atom. The number of unbranched alkanes of at least 4 members (excludes halogenated alkanes) is 3. The van der Waals surface area contributed by atoms with E-state index < -0.39 is 5.54 Å². The number of rotatable bonds is 27. The third-order valence-corrected chi connectivity index (χ3v) is 11.7. The Morgan fingerprint density at radius 3 is 2.21 bits per heavy atom. The largest absolute Gasteiger partial charge is 0.461 e. The molecule has 2 saturated carbocycles. The Hall–Kier alpha value is -3.73. The molecule has 0 spiro atoms. The van der Waals surface area contributed by atoms with Gasteiger partial charge in [-0.1, -0.05) is 43.0 Å². The quantitative estimate of drug-likeness (QED) is 0.0434. The summed E-state index contributed by atoms with van der Waals surface area (Å²) in [5, 5.41) is 20.7. The van der Waals surface area contributed by atoms with Crippen LogP contribution < -0.4 is 5.32 Å². The van der Waals surface area contributed by atoms with E-state index in [1.807, 2.05) is 13.8 Å². The Balaban J connectivity index is 0.971. The van der Waals surface area contributed by atoms with Crippen molar-refractivity contribution in [3.05, 3.63) is 24.0 Å². The van der Waals surface area contributed by atoms with E-state index in [1.54, 1.807) is 15.8 Å². The highest BCUT2D eigenvalue weighted by Gasteiger charge is 2.58. The van der Waals surface area contributed by atoms with E-state index >= 15 is 0 Å². The predicted octanol–water partition coefficient (Wildman–Crippen LogP) is 3.35. The molecule has 2 bridgehead atoms. The number of aliphatic hydroxyl groups is 1. The molecule has 2 N–H and O–H groups in total. The Labute approximate surface area is 342 Å². The van der Waals surface area contributed by atoms with E-state index in [-0.39, 0.29) is 92.0 Å². The number of aromatic nitrogens is 3. The standard InChI is InChI=1S/C42H66N6O10/c1-42(2,17-21-49)43-35(50)15-16-36(51)46(18-9-5-6-10-19-48-40(53)38-31-13-14-32(27-31)39(38)41(48)54)28-33-29-47(45-44-33)20-22-55-23-24-56-25-26-57-30-37(52)58-34-11-7-3-4-8-12-34/h13-14,29,31-32,34,38-39,49H,3-12,15-28,30H2,1-2H3,(H,43,50)/t31-,32+,38+,39-.